The molecule has 1 amide bonds. The normalized spacial score (nSPS) is 11.4. The zero-order valence-corrected chi connectivity index (χ0v) is 64.4. The number of aryl methyl sites for hydroxylation is 6. The van der Waals surface area contributed by atoms with Crippen molar-refractivity contribution in [2.24, 2.45) is 5.73 Å². The Labute approximate surface area is 625 Å². The van der Waals surface area contributed by atoms with Crippen LogP contribution in [0.25, 0.3) is 22.6 Å². The van der Waals surface area contributed by atoms with E-state index in [4.69, 9.17) is 44.3 Å². The fraction of sp³-hybridized carbons (Fsp3) is 0.359. The van der Waals surface area contributed by atoms with Gasteiger partial charge < -0.3 is 63.2 Å². The van der Waals surface area contributed by atoms with Gasteiger partial charge in [-0.05, 0) is 171 Å². The number of halogens is 2. The molecule has 11 aromatic rings. The van der Waals surface area contributed by atoms with Crippen molar-refractivity contribution < 1.29 is 68.3 Å². The Bertz CT molecular complexity index is 4720. The van der Waals surface area contributed by atoms with E-state index in [1.165, 1.54) is 43.5 Å². The summed E-state index contributed by atoms with van der Waals surface area (Å²) >= 11 is 0. The predicted octanol–water partition coefficient (Wildman–Crippen LogP) is 15.5. The predicted molar refractivity (Wildman–Crippen MR) is 413 cm³/mol. The number of nitrogens with zero attached hydrogens (tertiary/aromatic N) is 9. The Kier molecular flexibility index (Phi) is 36.2. The van der Waals surface area contributed by atoms with Crippen LogP contribution in [-0.4, -0.2) is 126 Å². The number of fused-ring (bicyclic) bond motifs is 4. The molecule has 0 spiro atoms. The van der Waals surface area contributed by atoms with Gasteiger partial charge in [0.1, 0.15) is 76.0 Å². The van der Waals surface area contributed by atoms with E-state index in [1.54, 1.807) is 95.9 Å². The van der Waals surface area contributed by atoms with Crippen LogP contribution in [0, 0.1) is 13.8 Å². The standard InChI is InChI=1S/C20H28FN3O3.C15H20FN3O.C12H16N2O.C11H14N2O.2C7H8O3S.C6H8N2O/c1-5-6-7-16-12-24-13-17(8-9-18(24)23-16)26-14-15(10-21)11-22-19(25)27-20(2,3)4;1-2-3-4-13-9-19-10-14(5-6-15(19)18-13)20-11-12(7-16)8-17;1-3-4-5-10-8-14-9-11(15-2)6-7-12(14)13-10;1-2-3-4-9-7-13-8-10(14)5-6-11(13)12-9;2*1-6-2-4-7(5-3-6)11(8,9)10;1-9-5-2-3-6(7)8-4-5/h8-10,12-13H,5-7,11,14H2,1-4H3,(H,22,25);5-7,9-10H,2-4,8,11,17H2,1H3;6-9H,3-5H2,1-2H3;5-8,14H,2-4H2,1H3;2*2-5H,1H3,(H,8,9,10);2-4H,1H3,(H2,7,8)/b15-10+;12-7+;;;;;. The average molecular weight is 1520 g/mol. The molecule has 107 heavy (non-hydrogen) atoms. The molecule has 25 nitrogen and oxygen atoms in total. The Balaban J connectivity index is 0.000000231. The third-order valence-corrected chi connectivity index (χ3v) is 16.9. The van der Waals surface area contributed by atoms with E-state index in [0.717, 1.165) is 126 Å². The van der Waals surface area contributed by atoms with E-state index < -0.39 is 31.9 Å². The number of alkyl carbamates (subject to hydrolysis) is 1. The van der Waals surface area contributed by atoms with Gasteiger partial charge in [-0.25, -0.2) is 38.5 Å². The highest BCUT2D eigenvalue weighted by atomic mass is 32.2. The summed E-state index contributed by atoms with van der Waals surface area (Å²) in [5.74, 6) is 3.64. The number of nitrogens with one attached hydrogen (secondary N) is 1. The van der Waals surface area contributed by atoms with Crippen molar-refractivity contribution in [1.29, 1.82) is 0 Å². The molecule has 29 heteroatoms. The van der Waals surface area contributed by atoms with Crippen LogP contribution in [0.5, 0.6) is 28.7 Å². The second kappa shape index (κ2) is 44.5. The largest absolute Gasteiger partial charge is 0.506 e. The van der Waals surface area contributed by atoms with Crippen LogP contribution in [0.4, 0.5) is 19.4 Å². The molecule has 0 aliphatic carbocycles. The maximum absolute atomic E-state index is 13.1. The summed E-state index contributed by atoms with van der Waals surface area (Å²) in [5.41, 5.74) is 20.7. The van der Waals surface area contributed by atoms with Crippen molar-refractivity contribution in [3.8, 4) is 28.7 Å². The molecule has 0 bridgehead atoms. The number of nitrogens with two attached hydrogens (primary N) is 2. The lowest BCUT2D eigenvalue weighted by Crippen LogP contribution is -2.34. The number of carbonyl (C=O) groups excluding carboxylic acids is 1. The molecular weight excluding hydrogens is 1420 g/mol. The number of rotatable bonds is 25. The minimum atomic E-state index is -4.02. The summed E-state index contributed by atoms with van der Waals surface area (Å²) in [6, 6.07) is 30.2. The summed E-state index contributed by atoms with van der Waals surface area (Å²) in [4.78, 5) is 33.4. The lowest BCUT2D eigenvalue weighted by atomic mass is 10.2. The topological polar surface area (TPSA) is 338 Å². The van der Waals surface area contributed by atoms with Gasteiger partial charge in [0.05, 0.1) is 90.4 Å². The first kappa shape index (κ1) is 87.2. The minimum Gasteiger partial charge on any atom is -0.506 e. The summed E-state index contributed by atoms with van der Waals surface area (Å²) in [6.07, 6.45) is 30.5. The third-order valence-electron chi connectivity index (χ3n) is 15.2. The van der Waals surface area contributed by atoms with E-state index >= 15 is 0 Å². The molecule has 0 atom stereocenters. The van der Waals surface area contributed by atoms with Crippen LogP contribution >= 0.6 is 0 Å². The zero-order chi connectivity index (χ0) is 78.5. The molecule has 0 saturated heterocycles. The molecule has 578 valence electrons. The fourth-order valence-electron chi connectivity index (χ4n) is 9.35. The van der Waals surface area contributed by atoms with Gasteiger partial charge >= 0.3 is 6.09 Å². The lowest BCUT2D eigenvalue weighted by Gasteiger charge is -2.20. The highest BCUT2D eigenvalue weighted by Crippen LogP contribution is 2.21. The van der Waals surface area contributed by atoms with E-state index in [1.807, 2.05) is 105 Å². The number of hydrogen-bond donors (Lipinski definition) is 6. The number of aromatic hydroxyl groups is 1. The molecule has 0 radical (unpaired) electrons. The van der Waals surface area contributed by atoms with Crippen LogP contribution in [0.2, 0.25) is 0 Å². The van der Waals surface area contributed by atoms with Gasteiger partial charge in [0, 0.05) is 49.0 Å². The monoisotopic (exact) mass is 1520 g/mol. The molecule has 0 aliphatic rings. The smallest absolute Gasteiger partial charge is 0.407 e. The average Bonchev–Trinajstić information content (AvgIpc) is 1.72. The number of methoxy groups -OCH3 is 2. The molecule has 0 unspecified atom stereocenters. The van der Waals surface area contributed by atoms with Crippen molar-refractivity contribution in [3.05, 3.63) is 223 Å². The van der Waals surface area contributed by atoms with Crippen molar-refractivity contribution in [1.82, 2.24) is 47.8 Å². The number of pyridine rings is 5. The number of unbranched alkanes of at least 4 members (excludes halogenated alkanes) is 4. The number of amides is 1. The summed E-state index contributed by atoms with van der Waals surface area (Å²) in [6.45, 7) is 18.0. The van der Waals surface area contributed by atoms with E-state index in [-0.39, 0.29) is 41.8 Å². The van der Waals surface area contributed by atoms with Crippen LogP contribution in [-0.2, 0) is 50.7 Å². The Morgan fingerprint density at radius 1 is 0.514 bits per heavy atom. The molecular formula is C78H102F2N12O13S2. The van der Waals surface area contributed by atoms with Crippen molar-refractivity contribution in [2.75, 3.05) is 46.3 Å². The number of aromatic nitrogens is 9. The fourth-order valence-corrected chi connectivity index (χ4v) is 10.3. The summed E-state index contributed by atoms with van der Waals surface area (Å²) in [5, 5.41) is 11.8. The molecule has 0 aliphatic heterocycles. The molecule has 9 heterocycles. The Morgan fingerprint density at radius 2 is 0.869 bits per heavy atom. The second-order valence-electron chi connectivity index (χ2n) is 25.5. The number of hydrogen-bond acceptors (Lipinski definition) is 18. The molecule has 0 fully saturated rings. The SMILES string of the molecule is CCCCc1cn2cc(O)ccc2n1.CCCCc1cn2cc(OC)ccc2n1.CCCCc1cn2cc(OC/C(=C/F)CN)ccc2n1.CCCCc1cn2cc(OC/C(=C/F)CNC(=O)OC(C)(C)C)ccc2n1.COc1ccc(N)nc1.Cc1ccc(S(=O)(=O)O)cc1.Cc1ccc(S(=O)(=O)O)cc1. The molecule has 8 N–H and O–H groups in total. The first-order valence-electron chi connectivity index (χ1n) is 35.0. The highest BCUT2D eigenvalue weighted by molar-refractivity contribution is 7.86. The summed E-state index contributed by atoms with van der Waals surface area (Å²) < 4.78 is 119. The number of benzene rings is 2. The van der Waals surface area contributed by atoms with Gasteiger partial charge in [-0.3, -0.25) is 9.11 Å². The number of carbonyl (C=O) groups is 1. The second-order valence-corrected chi connectivity index (χ2v) is 28.3. The van der Waals surface area contributed by atoms with Gasteiger partial charge in [0.2, 0.25) is 0 Å². The molecule has 0 saturated carbocycles. The molecule has 11 rings (SSSR count). The van der Waals surface area contributed by atoms with Gasteiger partial charge in [-0.2, -0.15) is 16.8 Å². The van der Waals surface area contributed by atoms with Crippen LogP contribution in [0.3, 0.4) is 0 Å². The summed E-state index contributed by atoms with van der Waals surface area (Å²) in [7, 11) is -4.77. The lowest BCUT2D eigenvalue weighted by molar-refractivity contribution is 0.0531. The van der Waals surface area contributed by atoms with Crippen LogP contribution < -0.4 is 35.7 Å². The van der Waals surface area contributed by atoms with Crippen molar-refractivity contribution in [3.63, 3.8) is 0 Å². The number of ether oxygens (including phenoxy) is 5. The number of nitrogen functional groups attached to an aromatic ring is 1. The van der Waals surface area contributed by atoms with Gasteiger partial charge in [0.15, 0.2) is 0 Å². The van der Waals surface area contributed by atoms with Gasteiger partial charge in [0.25, 0.3) is 20.2 Å². The van der Waals surface area contributed by atoms with Crippen molar-refractivity contribution in [2.45, 2.75) is 155 Å². The van der Waals surface area contributed by atoms with Crippen LogP contribution in [0.1, 0.15) is 134 Å². The number of anilines is 1. The third kappa shape index (κ3) is 32.0. The quantitative estimate of drug-likeness (QED) is 0.0289. The van der Waals surface area contributed by atoms with Gasteiger partial charge in [-0.15, -0.1) is 0 Å². The maximum Gasteiger partial charge on any atom is 0.407 e. The van der Waals surface area contributed by atoms with Crippen molar-refractivity contribution >= 4 is 54.7 Å². The zero-order valence-electron chi connectivity index (χ0n) is 62.7. The van der Waals surface area contributed by atoms with E-state index in [0.29, 0.717) is 41.1 Å². The Hall–Kier alpha value is -10.5. The Morgan fingerprint density at radius 3 is 1.21 bits per heavy atom. The first-order valence-corrected chi connectivity index (χ1v) is 37.9. The van der Waals surface area contributed by atoms with Gasteiger partial charge in [-0.1, -0.05) is 88.8 Å². The number of imidazole rings is 4. The maximum atomic E-state index is 13.1. The first-order chi connectivity index (χ1) is 51.0. The highest BCUT2D eigenvalue weighted by Gasteiger charge is 2.17. The molecule has 2 aromatic carbocycles. The van der Waals surface area contributed by atoms with E-state index in [2.05, 4.69) is 64.1 Å². The molecule has 9 aromatic heterocycles. The van der Waals surface area contributed by atoms with E-state index in [9.17, 15) is 35.5 Å². The van der Waals surface area contributed by atoms with Crippen LogP contribution in [0.15, 0.2) is 199 Å². The minimum absolute atomic E-state index is 0.0138.